The molecule has 150 valence electrons. The van der Waals surface area contributed by atoms with Crippen molar-refractivity contribution < 1.29 is 19.4 Å². The molecule has 0 aliphatic carbocycles. The van der Waals surface area contributed by atoms with Crippen LogP contribution in [0.2, 0.25) is 5.02 Å². The molecular formula is C23H22ClNO4. The number of hydrogen-bond donors (Lipinski definition) is 2. The van der Waals surface area contributed by atoms with Crippen LogP contribution in [0.5, 0.6) is 11.5 Å². The Labute approximate surface area is 174 Å². The van der Waals surface area contributed by atoms with Crippen molar-refractivity contribution >= 4 is 23.3 Å². The van der Waals surface area contributed by atoms with E-state index >= 15 is 0 Å². The zero-order valence-electron chi connectivity index (χ0n) is 16.0. The van der Waals surface area contributed by atoms with Gasteiger partial charge in [-0.05, 0) is 43.3 Å². The van der Waals surface area contributed by atoms with Crippen LogP contribution in [-0.2, 0) is 13.2 Å². The van der Waals surface area contributed by atoms with Gasteiger partial charge in [0.05, 0.1) is 12.2 Å². The number of aromatic carboxylic acids is 1. The van der Waals surface area contributed by atoms with Crippen molar-refractivity contribution in [3.63, 3.8) is 0 Å². The summed E-state index contributed by atoms with van der Waals surface area (Å²) in [5, 5.41) is 13.0. The van der Waals surface area contributed by atoms with Crippen LogP contribution >= 0.6 is 11.6 Å². The number of carboxylic acid groups (broad SMARTS) is 1. The number of hydrogen-bond acceptors (Lipinski definition) is 4. The Kier molecular flexibility index (Phi) is 6.98. The van der Waals surface area contributed by atoms with E-state index < -0.39 is 5.97 Å². The Hall–Kier alpha value is -3.18. The number of nitrogens with one attached hydrogen (secondary N) is 1. The molecule has 0 bridgehead atoms. The number of carbonyl (C=O) groups is 1. The molecule has 0 aliphatic heterocycles. The van der Waals surface area contributed by atoms with E-state index in [9.17, 15) is 4.79 Å². The average molecular weight is 412 g/mol. The zero-order valence-corrected chi connectivity index (χ0v) is 16.8. The fourth-order valence-corrected chi connectivity index (χ4v) is 3.02. The van der Waals surface area contributed by atoms with Gasteiger partial charge in [-0.2, -0.15) is 0 Å². The van der Waals surface area contributed by atoms with E-state index in [1.54, 1.807) is 24.3 Å². The maximum Gasteiger partial charge on any atom is 0.335 e. The summed E-state index contributed by atoms with van der Waals surface area (Å²) in [5.74, 6) is 0.375. The minimum Gasteiger partial charge on any atom is -0.490 e. The molecule has 2 N–H and O–H groups in total. The molecule has 0 saturated heterocycles. The molecule has 0 unspecified atom stereocenters. The highest BCUT2D eigenvalue weighted by molar-refractivity contribution is 6.31. The van der Waals surface area contributed by atoms with E-state index in [-0.39, 0.29) is 5.56 Å². The molecule has 3 aromatic carbocycles. The van der Waals surface area contributed by atoms with Crippen LogP contribution in [0.1, 0.15) is 28.4 Å². The predicted octanol–water partition coefficient (Wildman–Crippen LogP) is 5.63. The topological polar surface area (TPSA) is 67.8 Å². The van der Waals surface area contributed by atoms with Crippen LogP contribution in [0.25, 0.3) is 0 Å². The minimum atomic E-state index is -0.948. The number of ether oxygens (including phenoxy) is 2. The van der Waals surface area contributed by atoms with Gasteiger partial charge in [-0.25, -0.2) is 4.79 Å². The molecule has 0 radical (unpaired) electrons. The molecule has 0 atom stereocenters. The van der Waals surface area contributed by atoms with Crippen LogP contribution in [-0.4, -0.2) is 17.7 Å². The molecule has 6 heteroatoms. The highest BCUT2D eigenvalue weighted by Gasteiger charge is 2.12. The lowest BCUT2D eigenvalue weighted by Crippen LogP contribution is -2.06. The van der Waals surface area contributed by atoms with Gasteiger partial charge < -0.3 is 19.9 Å². The fourth-order valence-electron chi connectivity index (χ4n) is 2.83. The highest BCUT2D eigenvalue weighted by Crippen LogP contribution is 2.33. The lowest BCUT2D eigenvalue weighted by Gasteiger charge is -2.17. The van der Waals surface area contributed by atoms with Gasteiger partial charge in [-0.3, -0.25) is 0 Å². The van der Waals surface area contributed by atoms with Crippen LogP contribution in [0.15, 0.2) is 66.7 Å². The molecule has 0 aromatic heterocycles. The lowest BCUT2D eigenvalue weighted by atomic mass is 10.1. The number of halogens is 1. The van der Waals surface area contributed by atoms with Gasteiger partial charge in [-0.1, -0.05) is 41.9 Å². The van der Waals surface area contributed by atoms with Crippen molar-refractivity contribution in [3.8, 4) is 11.5 Å². The Morgan fingerprint density at radius 3 is 2.38 bits per heavy atom. The molecular weight excluding hydrogens is 390 g/mol. The second-order valence-corrected chi connectivity index (χ2v) is 6.70. The largest absolute Gasteiger partial charge is 0.490 e. The average Bonchev–Trinajstić information content (AvgIpc) is 2.73. The lowest BCUT2D eigenvalue weighted by molar-refractivity contribution is 0.0697. The van der Waals surface area contributed by atoms with Crippen molar-refractivity contribution in [2.24, 2.45) is 0 Å². The van der Waals surface area contributed by atoms with Gasteiger partial charge in [0.15, 0.2) is 11.5 Å². The summed E-state index contributed by atoms with van der Waals surface area (Å²) < 4.78 is 11.8. The van der Waals surface area contributed by atoms with E-state index in [1.807, 2.05) is 49.4 Å². The maximum atomic E-state index is 11.0. The number of para-hydroxylation sites is 1. The summed E-state index contributed by atoms with van der Waals surface area (Å²) in [6.07, 6.45) is 0. The fraction of sp³-hybridized carbons (Fsp3) is 0.174. The summed E-state index contributed by atoms with van der Waals surface area (Å²) in [7, 11) is 0. The molecule has 5 nitrogen and oxygen atoms in total. The molecule has 0 saturated carbocycles. The predicted molar refractivity (Wildman–Crippen MR) is 114 cm³/mol. The third-order valence-electron chi connectivity index (χ3n) is 4.30. The maximum absolute atomic E-state index is 11.0. The van der Waals surface area contributed by atoms with E-state index in [4.69, 9.17) is 26.2 Å². The Morgan fingerprint density at radius 2 is 1.69 bits per heavy atom. The smallest absolute Gasteiger partial charge is 0.335 e. The molecule has 0 spiro atoms. The van der Waals surface area contributed by atoms with Crippen molar-refractivity contribution in [1.82, 2.24) is 0 Å². The van der Waals surface area contributed by atoms with Crippen molar-refractivity contribution in [2.75, 3.05) is 11.9 Å². The molecule has 0 aliphatic rings. The summed E-state index contributed by atoms with van der Waals surface area (Å²) >= 11 is 6.24. The van der Waals surface area contributed by atoms with Crippen molar-refractivity contribution in [3.05, 3.63) is 88.4 Å². The normalized spacial score (nSPS) is 10.4. The van der Waals surface area contributed by atoms with Gasteiger partial charge in [-0.15, -0.1) is 0 Å². The molecule has 0 heterocycles. The Morgan fingerprint density at radius 1 is 0.966 bits per heavy atom. The van der Waals surface area contributed by atoms with Crippen LogP contribution in [0.3, 0.4) is 0 Å². The minimum absolute atomic E-state index is 0.248. The molecule has 0 amide bonds. The SMILES string of the molecule is CCOc1cccc(CNc2ccc(C(=O)O)cc2)c1OCc1ccccc1Cl. The van der Waals surface area contributed by atoms with Gasteiger partial charge in [0.2, 0.25) is 0 Å². The van der Waals surface area contributed by atoms with Gasteiger partial charge in [0.1, 0.15) is 6.61 Å². The van der Waals surface area contributed by atoms with Gasteiger partial charge >= 0.3 is 5.97 Å². The van der Waals surface area contributed by atoms with Gasteiger partial charge in [0, 0.05) is 28.4 Å². The third kappa shape index (κ3) is 5.42. The quantitative estimate of drug-likeness (QED) is 0.477. The second kappa shape index (κ2) is 9.85. The van der Waals surface area contributed by atoms with Crippen LogP contribution in [0, 0.1) is 0 Å². The first kappa shape index (κ1) is 20.6. The van der Waals surface area contributed by atoms with E-state index in [0.29, 0.717) is 36.3 Å². The Bertz CT molecular complexity index is 973. The summed E-state index contributed by atoms with van der Waals surface area (Å²) in [4.78, 5) is 11.0. The van der Waals surface area contributed by atoms with Crippen molar-refractivity contribution in [2.45, 2.75) is 20.1 Å². The second-order valence-electron chi connectivity index (χ2n) is 6.29. The van der Waals surface area contributed by atoms with Crippen molar-refractivity contribution in [1.29, 1.82) is 0 Å². The number of benzene rings is 3. The number of anilines is 1. The zero-order chi connectivity index (χ0) is 20.6. The van der Waals surface area contributed by atoms with Gasteiger partial charge in [0.25, 0.3) is 0 Å². The first-order chi connectivity index (χ1) is 14.1. The van der Waals surface area contributed by atoms with E-state index in [2.05, 4.69) is 5.32 Å². The standard InChI is InChI=1S/C23H22ClNO4/c1-2-28-21-9-5-7-17(14-25-19-12-10-16(11-13-19)23(26)27)22(21)29-15-18-6-3-4-8-20(18)24/h3-13,25H,2,14-15H2,1H3,(H,26,27). The monoisotopic (exact) mass is 411 g/mol. The summed E-state index contributed by atoms with van der Waals surface area (Å²) in [5.41, 5.74) is 2.88. The molecule has 0 fully saturated rings. The van der Waals surface area contributed by atoms with E-state index in [0.717, 1.165) is 16.8 Å². The third-order valence-corrected chi connectivity index (χ3v) is 4.67. The molecule has 3 aromatic rings. The molecule has 29 heavy (non-hydrogen) atoms. The van der Waals surface area contributed by atoms with Crippen LogP contribution < -0.4 is 14.8 Å². The Balaban J connectivity index is 1.77. The summed E-state index contributed by atoms with van der Waals surface area (Å²) in [6, 6.07) is 19.9. The number of carboxylic acids is 1. The summed E-state index contributed by atoms with van der Waals surface area (Å²) in [6.45, 7) is 3.26. The first-order valence-electron chi connectivity index (χ1n) is 9.26. The first-order valence-corrected chi connectivity index (χ1v) is 9.64. The number of rotatable bonds is 9. The van der Waals surface area contributed by atoms with Crippen LogP contribution in [0.4, 0.5) is 5.69 Å². The van der Waals surface area contributed by atoms with E-state index in [1.165, 1.54) is 0 Å². The highest BCUT2D eigenvalue weighted by atomic mass is 35.5. The molecule has 3 rings (SSSR count).